The summed E-state index contributed by atoms with van der Waals surface area (Å²) in [6.45, 7) is 0.0925. The Bertz CT molecular complexity index is 846. The Morgan fingerprint density at radius 1 is 1.17 bits per heavy atom. The molecule has 1 fully saturated rings. The Balaban J connectivity index is 1.73. The van der Waals surface area contributed by atoms with E-state index in [2.05, 4.69) is 16.7 Å². The lowest BCUT2D eigenvalue weighted by Gasteiger charge is -2.34. The van der Waals surface area contributed by atoms with Gasteiger partial charge >= 0.3 is 0 Å². The van der Waals surface area contributed by atoms with E-state index in [4.69, 9.17) is 16.6 Å². The first-order valence-electron chi connectivity index (χ1n) is 8.00. The molecule has 122 valence electrons. The topological polar surface area (TPSA) is 56.6 Å². The van der Waals surface area contributed by atoms with Gasteiger partial charge in [0.15, 0.2) is 0 Å². The van der Waals surface area contributed by atoms with Gasteiger partial charge in [-0.15, -0.1) is 0 Å². The van der Waals surface area contributed by atoms with Crippen LogP contribution >= 0.6 is 11.6 Å². The van der Waals surface area contributed by atoms with E-state index in [1.807, 2.05) is 48.5 Å². The van der Waals surface area contributed by atoms with Gasteiger partial charge in [0.1, 0.15) is 11.4 Å². The molecule has 0 spiro atoms. The van der Waals surface area contributed by atoms with Crippen molar-refractivity contribution in [3.63, 3.8) is 0 Å². The van der Waals surface area contributed by atoms with Crippen LogP contribution in [-0.4, -0.2) is 23.1 Å². The van der Waals surface area contributed by atoms with Gasteiger partial charge in [-0.2, -0.15) is 0 Å². The van der Waals surface area contributed by atoms with Gasteiger partial charge in [-0.3, -0.25) is 0 Å². The quantitative estimate of drug-likeness (QED) is 0.793. The highest BCUT2D eigenvalue weighted by molar-refractivity contribution is 6.32. The molecule has 1 atom stereocenters. The van der Waals surface area contributed by atoms with Crippen LogP contribution in [0.25, 0.3) is 6.08 Å². The first kappa shape index (κ1) is 15.2. The second-order valence-electron chi connectivity index (χ2n) is 6.15. The molecule has 1 unspecified atom stereocenters. The number of hydrogen-bond acceptors (Lipinski definition) is 4. The van der Waals surface area contributed by atoms with Crippen LogP contribution in [0.2, 0.25) is 5.02 Å². The SMILES string of the molecule is OCCC12C/C(=C\c3ccccc3Cl)NC1=Nc1ccccc1N2. The summed E-state index contributed by atoms with van der Waals surface area (Å²) in [6, 6.07) is 15.7. The van der Waals surface area contributed by atoms with Crippen molar-refractivity contribution >= 4 is 34.9 Å². The van der Waals surface area contributed by atoms with Gasteiger partial charge in [0.2, 0.25) is 0 Å². The lowest BCUT2D eigenvalue weighted by Crippen LogP contribution is -2.47. The monoisotopic (exact) mass is 339 g/mol. The molecule has 3 N–H and O–H groups in total. The molecule has 0 amide bonds. The lowest BCUT2D eigenvalue weighted by atomic mass is 9.90. The molecule has 2 aromatic rings. The van der Waals surface area contributed by atoms with E-state index in [9.17, 15) is 5.11 Å². The van der Waals surface area contributed by atoms with E-state index in [-0.39, 0.29) is 6.61 Å². The zero-order valence-corrected chi connectivity index (χ0v) is 13.8. The maximum Gasteiger partial charge on any atom is 0.133 e. The molecule has 0 aromatic heterocycles. The molecule has 0 bridgehead atoms. The van der Waals surface area contributed by atoms with Gasteiger partial charge < -0.3 is 15.7 Å². The molecule has 1 saturated heterocycles. The van der Waals surface area contributed by atoms with Crippen LogP contribution < -0.4 is 10.6 Å². The minimum Gasteiger partial charge on any atom is -0.396 e. The Morgan fingerprint density at radius 3 is 2.79 bits per heavy atom. The zero-order valence-electron chi connectivity index (χ0n) is 13.1. The third-order valence-corrected chi connectivity index (χ3v) is 4.85. The summed E-state index contributed by atoms with van der Waals surface area (Å²) >= 11 is 6.27. The number of para-hydroxylation sites is 2. The minimum absolute atomic E-state index is 0.0925. The molecule has 0 aliphatic carbocycles. The highest BCUT2D eigenvalue weighted by atomic mass is 35.5. The zero-order chi connectivity index (χ0) is 16.6. The Hall–Kier alpha value is -2.30. The standard InChI is InChI=1S/C19H18ClN3O/c20-15-6-2-1-5-13(15)11-14-12-19(9-10-24)18(21-14)22-16-7-3-4-8-17(16)23-19/h1-8,11,23-24H,9-10,12H2,(H,21,22)/b14-11+. The average molecular weight is 340 g/mol. The van der Waals surface area contributed by atoms with Crippen molar-refractivity contribution in [3.05, 3.63) is 64.8 Å². The number of nitrogens with one attached hydrogen (secondary N) is 2. The van der Waals surface area contributed by atoms with Crippen molar-refractivity contribution in [1.29, 1.82) is 0 Å². The molecule has 4 rings (SSSR count). The molecule has 24 heavy (non-hydrogen) atoms. The highest BCUT2D eigenvalue weighted by Crippen LogP contribution is 2.40. The predicted octanol–water partition coefficient (Wildman–Crippen LogP) is 3.95. The van der Waals surface area contributed by atoms with Crippen molar-refractivity contribution in [2.45, 2.75) is 18.4 Å². The second-order valence-corrected chi connectivity index (χ2v) is 6.56. The number of aliphatic imine (C=N–C) groups is 1. The largest absolute Gasteiger partial charge is 0.396 e. The van der Waals surface area contributed by atoms with Crippen LogP contribution in [-0.2, 0) is 0 Å². The van der Waals surface area contributed by atoms with Crippen LogP contribution in [0, 0.1) is 0 Å². The first-order chi connectivity index (χ1) is 11.7. The summed E-state index contributed by atoms with van der Waals surface area (Å²) in [5.74, 6) is 0.855. The Kier molecular flexibility index (Phi) is 3.79. The van der Waals surface area contributed by atoms with Crippen LogP contribution in [0.5, 0.6) is 0 Å². The number of aliphatic hydroxyl groups is 1. The van der Waals surface area contributed by atoms with Crippen LogP contribution in [0.3, 0.4) is 0 Å². The van der Waals surface area contributed by atoms with E-state index in [1.165, 1.54) is 0 Å². The number of aliphatic hydroxyl groups excluding tert-OH is 1. The van der Waals surface area contributed by atoms with E-state index >= 15 is 0 Å². The van der Waals surface area contributed by atoms with Gasteiger partial charge in [0.25, 0.3) is 0 Å². The number of fused-ring (bicyclic) bond motifs is 2. The summed E-state index contributed by atoms with van der Waals surface area (Å²) in [6.07, 6.45) is 3.37. The molecule has 2 aliphatic rings. The van der Waals surface area contributed by atoms with Crippen LogP contribution in [0.1, 0.15) is 18.4 Å². The van der Waals surface area contributed by atoms with Crippen LogP contribution in [0.15, 0.2) is 59.2 Å². The fraction of sp³-hybridized carbons (Fsp3) is 0.211. The van der Waals surface area contributed by atoms with Gasteiger partial charge in [-0.1, -0.05) is 41.9 Å². The van der Waals surface area contributed by atoms with Crippen molar-refractivity contribution in [2.24, 2.45) is 4.99 Å². The molecule has 2 aliphatic heterocycles. The highest BCUT2D eigenvalue weighted by Gasteiger charge is 2.44. The van der Waals surface area contributed by atoms with Gasteiger partial charge in [0, 0.05) is 30.2 Å². The molecule has 0 radical (unpaired) electrons. The third kappa shape index (κ3) is 2.58. The Morgan fingerprint density at radius 2 is 1.96 bits per heavy atom. The minimum atomic E-state index is -0.393. The smallest absolute Gasteiger partial charge is 0.133 e. The van der Waals surface area contributed by atoms with E-state index in [1.54, 1.807) is 0 Å². The summed E-state index contributed by atoms with van der Waals surface area (Å²) in [5, 5.41) is 17.3. The van der Waals surface area contributed by atoms with Gasteiger partial charge in [-0.05, 0) is 29.8 Å². The van der Waals surface area contributed by atoms with Gasteiger partial charge in [-0.25, -0.2) is 4.99 Å². The number of amidine groups is 1. The summed E-state index contributed by atoms with van der Waals surface area (Å²) in [7, 11) is 0. The molecule has 4 nitrogen and oxygen atoms in total. The summed E-state index contributed by atoms with van der Waals surface area (Å²) in [5.41, 5.74) is 3.52. The maximum absolute atomic E-state index is 9.57. The van der Waals surface area contributed by atoms with E-state index < -0.39 is 5.54 Å². The van der Waals surface area contributed by atoms with E-state index in [0.717, 1.165) is 39.9 Å². The molecule has 0 saturated carbocycles. The molecule has 2 heterocycles. The number of anilines is 1. The molecule has 2 aromatic carbocycles. The molecular formula is C19H18ClN3O. The number of nitrogens with zero attached hydrogens (tertiary/aromatic N) is 1. The van der Waals surface area contributed by atoms with Gasteiger partial charge in [0.05, 0.1) is 11.4 Å². The molecular weight excluding hydrogens is 322 g/mol. The van der Waals surface area contributed by atoms with E-state index in [0.29, 0.717) is 6.42 Å². The fourth-order valence-electron chi connectivity index (χ4n) is 3.35. The molecule has 5 heteroatoms. The number of halogens is 1. The van der Waals surface area contributed by atoms with Crippen LogP contribution in [0.4, 0.5) is 11.4 Å². The number of rotatable bonds is 3. The maximum atomic E-state index is 9.57. The second kappa shape index (κ2) is 5.96. The van der Waals surface area contributed by atoms with Crippen molar-refractivity contribution < 1.29 is 5.11 Å². The third-order valence-electron chi connectivity index (χ3n) is 4.51. The fourth-order valence-corrected chi connectivity index (χ4v) is 3.54. The number of benzene rings is 2. The van der Waals surface area contributed by atoms with Crippen molar-refractivity contribution in [1.82, 2.24) is 5.32 Å². The van der Waals surface area contributed by atoms with Crippen molar-refractivity contribution in [3.8, 4) is 0 Å². The Labute approximate surface area is 145 Å². The normalized spacial score (nSPS) is 23.1. The predicted molar refractivity (Wildman–Crippen MR) is 98.8 cm³/mol. The lowest BCUT2D eigenvalue weighted by molar-refractivity contribution is 0.269. The summed E-state index contributed by atoms with van der Waals surface area (Å²) < 4.78 is 0. The van der Waals surface area contributed by atoms with Crippen molar-refractivity contribution in [2.75, 3.05) is 11.9 Å². The summed E-state index contributed by atoms with van der Waals surface area (Å²) in [4.78, 5) is 4.77. The first-order valence-corrected chi connectivity index (χ1v) is 8.37. The average Bonchev–Trinajstić information content (AvgIpc) is 2.91. The number of hydrogen-bond donors (Lipinski definition) is 3.